The van der Waals surface area contributed by atoms with Crippen LogP contribution in [0.2, 0.25) is 5.02 Å². The monoisotopic (exact) mass is 293 g/mol. The van der Waals surface area contributed by atoms with Crippen molar-refractivity contribution < 1.29 is 4.79 Å². The average Bonchev–Trinajstić information content (AvgIpc) is 2.45. The van der Waals surface area contributed by atoms with Crippen LogP contribution in [0, 0.1) is 0 Å². The zero-order chi connectivity index (χ0) is 14.8. The van der Waals surface area contributed by atoms with Crippen molar-refractivity contribution in [3.63, 3.8) is 0 Å². The standard InChI is InChI=1S/C17H24ClNO/c1-3-5-12-19(13-6-4-2)17(20)11-10-15-8-7-9-16(18)14-15/h7-11,14H,3-6,12-13H2,1-2H3. The van der Waals surface area contributed by atoms with Gasteiger partial charge in [-0.3, -0.25) is 4.79 Å². The Hall–Kier alpha value is -1.28. The van der Waals surface area contributed by atoms with Gasteiger partial charge in [0, 0.05) is 24.2 Å². The number of benzene rings is 1. The quantitative estimate of drug-likeness (QED) is 0.632. The molecule has 0 fully saturated rings. The van der Waals surface area contributed by atoms with Gasteiger partial charge in [0.15, 0.2) is 0 Å². The fraction of sp³-hybridized carbons (Fsp3) is 0.471. The molecule has 0 radical (unpaired) electrons. The van der Waals surface area contributed by atoms with Crippen molar-refractivity contribution >= 4 is 23.6 Å². The van der Waals surface area contributed by atoms with Crippen LogP contribution in [0.3, 0.4) is 0 Å². The van der Waals surface area contributed by atoms with E-state index < -0.39 is 0 Å². The number of rotatable bonds is 8. The summed E-state index contributed by atoms with van der Waals surface area (Å²) in [5.41, 5.74) is 0.955. The van der Waals surface area contributed by atoms with E-state index in [0.29, 0.717) is 5.02 Å². The summed E-state index contributed by atoms with van der Waals surface area (Å²) in [6.07, 6.45) is 7.80. The Bertz CT molecular complexity index is 434. The molecule has 1 aromatic carbocycles. The van der Waals surface area contributed by atoms with Gasteiger partial charge in [-0.25, -0.2) is 0 Å². The highest BCUT2D eigenvalue weighted by molar-refractivity contribution is 6.30. The third kappa shape index (κ3) is 6.25. The van der Waals surface area contributed by atoms with Crippen LogP contribution in [-0.2, 0) is 4.79 Å². The van der Waals surface area contributed by atoms with Crippen molar-refractivity contribution in [2.45, 2.75) is 39.5 Å². The Labute approximate surface area is 127 Å². The summed E-state index contributed by atoms with van der Waals surface area (Å²) in [7, 11) is 0. The lowest BCUT2D eigenvalue weighted by atomic mass is 10.2. The third-order valence-corrected chi connectivity index (χ3v) is 3.38. The van der Waals surface area contributed by atoms with Gasteiger partial charge in [-0.05, 0) is 36.6 Å². The molecule has 0 bridgehead atoms. The molecule has 1 aromatic rings. The molecule has 0 aliphatic heterocycles. The number of carbonyl (C=O) groups excluding carboxylic acids is 1. The third-order valence-electron chi connectivity index (χ3n) is 3.14. The molecule has 0 atom stereocenters. The molecule has 110 valence electrons. The highest BCUT2D eigenvalue weighted by atomic mass is 35.5. The predicted molar refractivity (Wildman–Crippen MR) is 86.9 cm³/mol. The van der Waals surface area contributed by atoms with Crippen molar-refractivity contribution in [2.75, 3.05) is 13.1 Å². The molecule has 1 rings (SSSR count). The summed E-state index contributed by atoms with van der Waals surface area (Å²) in [5.74, 6) is 0.0897. The van der Waals surface area contributed by atoms with Gasteiger partial charge in [-0.15, -0.1) is 0 Å². The fourth-order valence-electron chi connectivity index (χ4n) is 1.91. The topological polar surface area (TPSA) is 20.3 Å². The first-order valence-corrected chi connectivity index (χ1v) is 7.77. The summed E-state index contributed by atoms with van der Waals surface area (Å²) in [5, 5.41) is 0.688. The molecule has 0 saturated heterocycles. The molecule has 2 nitrogen and oxygen atoms in total. The minimum Gasteiger partial charge on any atom is -0.339 e. The number of unbranched alkanes of at least 4 members (excludes halogenated alkanes) is 2. The van der Waals surface area contributed by atoms with Gasteiger partial charge in [0.2, 0.25) is 5.91 Å². The second-order valence-corrected chi connectivity index (χ2v) is 5.36. The molecule has 0 saturated carbocycles. The van der Waals surface area contributed by atoms with E-state index in [4.69, 9.17) is 11.6 Å². The van der Waals surface area contributed by atoms with Crippen molar-refractivity contribution in [2.24, 2.45) is 0 Å². The van der Waals surface area contributed by atoms with Crippen molar-refractivity contribution in [1.82, 2.24) is 4.90 Å². The summed E-state index contributed by atoms with van der Waals surface area (Å²) >= 11 is 5.93. The van der Waals surface area contributed by atoms with E-state index in [2.05, 4.69) is 13.8 Å². The fourth-order valence-corrected chi connectivity index (χ4v) is 2.11. The lowest BCUT2D eigenvalue weighted by Crippen LogP contribution is -2.31. The highest BCUT2D eigenvalue weighted by Crippen LogP contribution is 2.12. The molecule has 0 aliphatic carbocycles. The molecule has 0 aliphatic rings. The number of nitrogens with zero attached hydrogens (tertiary/aromatic N) is 1. The van der Waals surface area contributed by atoms with E-state index >= 15 is 0 Å². The maximum absolute atomic E-state index is 12.2. The van der Waals surface area contributed by atoms with Gasteiger partial charge >= 0.3 is 0 Å². The van der Waals surface area contributed by atoms with Crippen LogP contribution in [0.15, 0.2) is 30.3 Å². The van der Waals surface area contributed by atoms with E-state index in [9.17, 15) is 4.79 Å². The Balaban J connectivity index is 2.63. The molecule has 0 unspecified atom stereocenters. The maximum atomic E-state index is 12.2. The highest BCUT2D eigenvalue weighted by Gasteiger charge is 2.08. The van der Waals surface area contributed by atoms with Crippen LogP contribution in [0.1, 0.15) is 45.1 Å². The van der Waals surface area contributed by atoms with Crippen LogP contribution in [0.4, 0.5) is 0 Å². The van der Waals surface area contributed by atoms with E-state index in [1.807, 2.05) is 35.2 Å². The van der Waals surface area contributed by atoms with Gasteiger partial charge in [-0.2, -0.15) is 0 Å². The zero-order valence-corrected chi connectivity index (χ0v) is 13.2. The Morgan fingerprint density at radius 3 is 2.40 bits per heavy atom. The Morgan fingerprint density at radius 1 is 1.20 bits per heavy atom. The largest absolute Gasteiger partial charge is 0.339 e. The first-order valence-electron chi connectivity index (χ1n) is 7.40. The predicted octanol–water partition coefficient (Wildman–Crippen LogP) is 4.78. The van der Waals surface area contributed by atoms with Gasteiger partial charge < -0.3 is 4.90 Å². The van der Waals surface area contributed by atoms with Gasteiger partial charge in [0.05, 0.1) is 0 Å². The van der Waals surface area contributed by atoms with E-state index in [0.717, 1.165) is 44.3 Å². The number of hydrogen-bond acceptors (Lipinski definition) is 1. The van der Waals surface area contributed by atoms with E-state index in [1.165, 1.54) is 0 Å². The maximum Gasteiger partial charge on any atom is 0.246 e. The zero-order valence-electron chi connectivity index (χ0n) is 12.4. The summed E-state index contributed by atoms with van der Waals surface area (Å²) in [6, 6.07) is 7.51. The first kappa shape index (κ1) is 16.8. The van der Waals surface area contributed by atoms with Crippen LogP contribution in [0.25, 0.3) is 6.08 Å². The van der Waals surface area contributed by atoms with Crippen molar-refractivity contribution in [1.29, 1.82) is 0 Å². The minimum atomic E-state index is 0.0897. The summed E-state index contributed by atoms with van der Waals surface area (Å²) in [4.78, 5) is 14.2. The second kappa shape index (κ2) is 9.60. The van der Waals surface area contributed by atoms with Crippen molar-refractivity contribution in [3.05, 3.63) is 40.9 Å². The molecule has 0 N–H and O–H groups in total. The number of carbonyl (C=O) groups is 1. The molecular weight excluding hydrogens is 270 g/mol. The van der Waals surface area contributed by atoms with Crippen LogP contribution in [0.5, 0.6) is 0 Å². The van der Waals surface area contributed by atoms with E-state index in [-0.39, 0.29) is 5.91 Å². The number of amides is 1. The lowest BCUT2D eigenvalue weighted by molar-refractivity contribution is -0.126. The minimum absolute atomic E-state index is 0.0897. The summed E-state index contributed by atoms with van der Waals surface area (Å²) in [6.45, 7) is 5.97. The second-order valence-electron chi connectivity index (χ2n) is 4.92. The molecule has 0 heterocycles. The Kier molecular flexibility index (Phi) is 8.05. The lowest BCUT2D eigenvalue weighted by Gasteiger charge is -2.20. The molecule has 3 heteroatoms. The number of halogens is 1. The average molecular weight is 294 g/mol. The molecule has 1 amide bonds. The number of hydrogen-bond donors (Lipinski definition) is 0. The normalized spacial score (nSPS) is 10.9. The van der Waals surface area contributed by atoms with Gasteiger partial charge in [-0.1, -0.05) is 50.4 Å². The molecule has 0 aromatic heterocycles. The van der Waals surface area contributed by atoms with Crippen LogP contribution in [-0.4, -0.2) is 23.9 Å². The van der Waals surface area contributed by atoms with Crippen LogP contribution < -0.4 is 0 Å². The molecule has 0 spiro atoms. The SMILES string of the molecule is CCCCN(CCCC)C(=O)C=Cc1cccc(Cl)c1. The molecule has 20 heavy (non-hydrogen) atoms. The van der Waals surface area contributed by atoms with Crippen LogP contribution >= 0.6 is 11.6 Å². The Morgan fingerprint density at radius 2 is 1.85 bits per heavy atom. The smallest absolute Gasteiger partial charge is 0.246 e. The van der Waals surface area contributed by atoms with Gasteiger partial charge in [0.25, 0.3) is 0 Å². The van der Waals surface area contributed by atoms with Crippen molar-refractivity contribution in [3.8, 4) is 0 Å². The summed E-state index contributed by atoms with van der Waals surface area (Å²) < 4.78 is 0. The van der Waals surface area contributed by atoms with Gasteiger partial charge in [0.1, 0.15) is 0 Å². The van der Waals surface area contributed by atoms with E-state index in [1.54, 1.807) is 6.08 Å². The molecular formula is C17H24ClNO. The first-order chi connectivity index (χ1) is 9.67.